The fraction of sp³-hybridized carbons (Fsp3) is 0.222. The summed E-state index contributed by atoms with van der Waals surface area (Å²) < 4.78 is 5.18. The van der Waals surface area contributed by atoms with Gasteiger partial charge in [0.2, 0.25) is 0 Å². The Morgan fingerprint density at radius 3 is 2.44 bits per heavy atom. The van der Waals surface area contributed by atoms with Gasteiger partial charge in [0.25, 0.3) is 11.6 Å². The van der Waals surface area contributed by atoms with Crippen molar-refractivity contribution < 1.29 is 19.2 Å². The Morgan fingerprint density at radius 1 is 1.16 bits per heavy atom. The topological polar surface area (TPSA) is 89.8 Å². The Morgan fingerprint density at radius 2 is 1.84 bits per heavy atom. The second-order valence-electron chi connectivity index (χ2n) is 5.27. The molecule has 0 aliphatic rings. The molecule has 0 aliphatic heterocycles. The molecule has 0 spiro atoms. The third-order valence-corrected chi connectivity index (χ3v) is 3.57. The predicted molar refractivity (Wildman–Crippen MR) is 92.4 cm³/mol. The molecule has 0 saturated heterocycles. The molecule has 0 unspecified atom stereocenters. The third kappa shape index (κ3) is 4.41. The molecule has 1 atom stereocenters. The number of esters is 1. The average molecular weight is 342 g/mol. The van der Waals surface area contributed by atoms with Gasteiger partial charge in [-0.25, -0.2) is 4.79 Å². The highest BCUT2D eigenvalue weighted by Crippen LogP contribution is 2.17. The van der Waals surface area contributed by atoms with E-state index in [9.17, 15) is 19.7 Å². The highest BCUT2D eigenvalue weighted by atomic mass is 16.6. The molecule has 7 heteroatoms. The van der Waals surface area contributed by atoms with Crippen LogP contribution in [0.3, 0.4) is 0 Å². The lowest BCUT2D eigenvalue weighted by molar-refractivity contribution is -0.384. The van der Waals surface area contributed by atoms with E-state index in [2.05, 4.69) is 0 Å². The van der Waals surface area contributed by atoms with Crippen LogP contribution in [0.4, 0.5) is 11.4 Å². The zero-order valence-corrected chi connectivity index (χ0v) is 13.9. The van der Waals surface area contributed by atoms with Crippen LogP contribution in [-0.4, -0.2) is 29.4 Å². The van der Waals surface area contributed by atoms with E-state index in [-0.39, 0.29) is 17.2 Å². The summed E-state index contributed by atoms with van der Waals surface area (Å²) in [4.78, 5) is 36.4. The molecule has 2 aromatic rings. The van der Waals surface area contributed by atoms with Gasteiger partial charge in [0.05, 0.1) is 10.5 Å². The van der Waals surface area contributed by atoms with Crippen molar-refractivity contribution in [2.24, 2.45) is 0 Å². The summed E-state index contributed by atoms with van der Waals surface area (Å²) in [6, 6.07) is 14.2. The summed E-state index contributed by atoms with van der Waals surface area (Å²) in [5, 5.41) is 10.8. The number of hydrogen-bond donors (Lipinski definition) is 0. The summed E-state index contributed by atoms with van der Waals surface area (Å²) in [5.74, 6) is -1.15. The third-order valence-electron chi connectivity index (χ3n) is 3.57. The molecular formula is C18H18N2O5. The van der Waals surface area contributed by atoms with Gasteiger partial charge in [0.1, 0.15) is 0 Å². The standard InChI is InChI=1S/C18H18N2O5/c1-3-19(15-9-5-4-6-10-15)17(21)13(2)25-18(22)14-8-7-11-16(12-14)20(23)24/h4-13H,3H2,1-2H3/t13-/m0/s1. The maximum atomic E-state index is 12.6. The smallest absolute Gasteiger partial charge is 0.339 e. The first-order valence-electron chi connectivity index (χ1n) is 7.76. The van der Waals surface area contributed by atoms with Crippen molar-refractivity contribution in [2.75, 3.05) is 11.4 Å². The predicted octanol–water partition coefficient (Wildman–Crippen LogP) is 3.19. The first-order valence-corrected chi connectivity index (χ1v) is 7.76. The maximum absolute atomic E-state index is 12.6. The minimum atomic E-state index is -1.02. The number of non-ortho nitro benzene ring substituents is 1. The summed E-state index contributed by atoms with van der Waals surface area (Å²) in [6.07, 6.45) is -1.02. The monoisotopic (exact) mass is 342 g/mol. The van der Waals surface area contributed by atoms with Crippen LogP contribution in [-0.2, 0) is 9.53 Å². The lowest BCUT2D eigenvalue weighted by Crippen LogP contribution is -2.40. The molecule has 0 radical (unpaired) electrons. The first-order chi connectivity index (χ1) is 11.9. The first kappa shape index (κ1) is 18.1. The van der Waals surface area contributed by atoms with Gasteiger partial charge in [0, 0.05) is 24.4 Å². The minimum absolute atomic E-state index is 0.0246. The number of nitro benzene ring substituents is 1. The van der Waals surface area contributed by atoms with E-state index in [4.69, 9.17) is 4.74 Å². The van der Waals surface area contributed by atoms with Crippen LogP contribution in [0.5, 0.6) is 0 Å². The molecule has 0 aliphatic carbocycles. The van der Waals surface area contributed by atoms with E-state index in [1.165, 1.54) is 30.0 Å². The van der Waals surface area contributed by atoms with Gasteiger partial charge >= 0.3 is 5.97 Å². The highest BCUT2D eigenvalue weighted by Gasteiger charge is 2.25. The average Bonchev–Trinajstić information content (AvgIpc) is 2.63. The zero-order chi connectivity index (χ0) is 18.4. The number of anilines is 1. The van der Waals surface area contributed by atoms with E-state index >= 15 is 0 Å². The van der Waals surface area contributed by atoms with Crippen LogP contribution >= 0.6 is 0 Å². The number of likely N-dealkylation sites (N-methyl/N-ethyl adjacent to an activating group) is 1. The van der Waals surface area contributed by atoms with Crippen molar-refractivity contribution in [1.82, 2.24) is 0 Å². The van der Waals surface area contributed by atoms with Gasteiger partial charge in [-0.1, -0.05) is 24.3 Å². The fourth-order valence-corrected chi connectivity index (χ4v) is 2.32. The Hall–Kier alpha value is -3.22. The molecule has 0 aromatic heterocycles. The quantitative estimate of drug-likeness (QED) is 0.457. The number of ether oxygens (including phenoxy) is 1. The molecule has 0 N–H and O–H groups in total. The molecule has 0 heterocycles. The Bertz CT molecular complexity index is 776. The van der Waals surface area contributed by atoms with E-state index < -0.39 is 17.0 Å². The van der Waals surface area contributed by atoms with Crippen molar-refractivity contribution in [3.63, 3.8) is 0 Å². The Labute approximate surface area is 145 Å². The van der Waals surface area contributed by atoms with Gasteiger partial charge in [-0.15, -0.1) is 0 Å². The number of benzene rings is 2. The van der Waals surface area contributed by atoms with Crippen molar-refractivity contribution in [1.29, 1.82) is 0 Å². The van der Waals surface area contributed by atoms with Crippen molar-refractivity contribution in [3.8, 4) is 0 Å². The van der Waals surface area contributed by atoms with Crippen LogP contribution in [0.15, 0.2) is 54.6 Å². The molecule has 0 saturated carbocycles. The molecule has 0 bridgehead atoms. The summed E-state index contributed by atoms with van der Waals surface area (Å²) in [7, 11) is 0. The molecule has 0 fully saturated rings. The van der Waals surface area contributed by atoms with Gasteiger partial charge < -0.3 is 9.64 Å². The lowest BCUT2D eigenvalue weighted by Gasteiger charge is -2.24. The van der Waals surface area contributed by atoms with Gasteiger partial charge in [-0.05, 0) is 32.0 Å². The number of nitro groups is 1. The SMILES string of the molecule is CCN(C(=O)[C@H](C)OC(=O)c1cccc([N+](=O)[O-])c1)c1ccccc1. The maximum Gasteiger partial charge on any atom is 0.339 e. The molecule has 1 amide bonds. The number of nitrogens with zero attached hydrogens (tertiary/aromatic N) is 2. The Balaban J connectivity index is 2.11. The van der Waals surface area contributed by atoms with Crippen LogP contribution < -0.4 is 4.90 Å². The summed E-state index contributed by atoms with van der Waals surface area (Å²) >= 11 is 0. The van der Waals surface area contributed by atoms with E-state index in [1.54, 1.807) is 12.1 Å². The number of para-hydroxylation sites is 1. The second-order valence-corrected chi connectivity index (χ2v) is 5.27. The molecule has 7 nitrogen and oxygen atoms in total. The number of hydrogen-bond acceptors (Lipinski definition) is 5. The zero-order valence-electron chi connectivity index (χ0n) is 13.9. The lowest BCUT2D eigenvalue weighted by atomic mass is 10.2. The molecule has 130 valence electrons. The molecule has 25 heavy (non-hydrogen) atoms. The van der Waals surface area contributed by atoms with Crippen molar-refractivity contribution >= 4 is 23.3 Å². The molecular weight excluding hydrogens is 324 g/mol. The van der Waals surface area contributed by atoms with E-state index in [0.717, 1.165) is 6.07 Å². The van der Waals surface area contributed by atoms with Gasteiger partial charge in [0.15, 0.2) is 6.10 Å². The second kappa shape index (κ2) is 8.05. The van der Waals surface area contributed by atoms with Gasteiger partial charge in [-0.3, -0.25) is 14.9 Å². The number of rotatable bonds is 6. The van der Waals surface area contributed by atoms with Crippen molar-refractivity contribution in [3.05, 3.63) is 70.3 Å². The summed E-state index contributed by atoms with van der Waals surface area (Å²) in [6.45, 7) is 3.71. The van der Waals surface area contributed by atoms with Gasteiger partial charge in [-0.2, -0.15) is 0 Å². The molecule has 2 rings (SSSR count). The van der Waals surface area contributed by atoms with Crippen LogP contribution in [0.1, 0.15) is 24.2 Å². The number of amides is 1. The molecule has 2 aromatic carbocycles. The normalized spacial score (nSPS) is 11.4. The van der Waals surface area contributed by atoms with Crippen LogP contribution in [0.25, 0.3) is 0 Å². The minimum Gasteiger partial charge on any atom is -0.449 e. The Kier molecular flexibility index (Phi) is 5.84. The van der Waals surface area contributed by atoms with E-state index in [1.807, 2.05) is 25.1 Å². The largest absolute Gasteiger partial charge is 0.449 e. The van der Waals surface area contributed by atoms with Crippen LogP contribution in [0.2, 0.25) is 0 Å². The summed E-state index contributed by atoms with van der Waals surface area (Å²) in [5.41, 5.74) is 0.512. The fourth-order valence-electron chi connectivity index (χ4n) is 2.32. The van der Waals surface area contributed by atoms with Crippen molar-refractivity contribution in [2.45, 2.75) is 20.0 Å². The highest BCUT2D eigenvalue weighted by molar-refractivity contribution is 5.99. The van der Waals surface area contributed by atoms with E-state index in [0.29, 0.717) is 12.2 Å². The number of carbonyl (C=O) groups is 2. The van der Waals surface area contributed by atoms with Crippen LogP contribution in [0, 0.1) is 10.1 Å². The number of carbonyl (C=O) groups excluding carboxylic acids is 2.